The highest BCUT2D eigenvalue weighted by Crippen LogP contribution is 2.31. The number of hydrogen-bond acceptors (Lipinski definition) is 3. The molecule has 0 fully saturated rings. The summed E-state index contributed by atoms with van der Waals surface area (Å²) in [4.78, 5) is 17.7. The summed E-state index contributed by atoms with van der Waals surface area (Å²) in [7, 11) is 0. The van der Waals surface area contributed by atoms with Crippen LogP contribution in [0.2, 0.25) is 5.02 Å². The van der Waals surface area contributed by atoms with Gasteiger partial charge in [0.1, 0.15) is 5.52 Å². The summed E-state index contributed by atoms with van der Waals surface area (Å²) >= 11 is 6.07. The zero-order valence-electron chi connectivity index (χ0n) is 17.1. The first-order valence-electron chi connectivity index (χ1n) is 9.96. The number of oxazole rings is 1. The zero-order chi connectivity index (χ0) is 21.5. The first-order valence-corrected chi connectivity index (χ1v) is 10.3. The Kier molecular flexibility index (Phi) is 4.72. The molecule has 0 aliphatic heterocycles. The van der Waals surface area contributed by atoms with E-state index in [1.165, 1.54) is 0 Å². The lowest BCUT2D eigenvalue weighted by molar-refractivity contribution is 0.102. The van der Waals surface area contributed by atoms with Crippen LogP contribution < -0.4 is 5.32 Å². The van der Waals surface area contributed by atoms with E-state index in [0.29, 0.717) is 33.3 Å². The molecule has 5 rings (SSSR count). The molecule has 0 aliphatic carbocycles. The molecule has 0 spiro atoms. The predicted molar refractivity (Wildman–Crippen MR) is 126 cm³/mol. The van der Waals surface area contributed by atoms with E-state index in [9.17, 15) is 4.79 Å². The molecule has 0 unspecified atom stereocenters. The summed E-state index contributed by atoms with van der Waals surface area (Å²) in [6.45, 7) is 4.03. The van der Waals surface area contributed by atoms with Crippen LogP contribution in [-0.2, 0) is 0 Å². The summed E-state index contributed by atoms with van der Waals surface area (Å²) in [5, 5.41) is 5.63. The van der Waals surface area contributed by atoms with Gasteiger partial charge in [0.15, 0.2) is 5.58 Å². The molecule has 31 heavy (non-hydrogen) atoms. The Morgan fingerprint density at radius 3 is 2.52 bits per heavy atom. The van der Waals surface area contributed by atoms with Gasteiger partial charge in [-0.2, -0.15) is 0 Å². The minimum atomic E-state index is -0.157. The summed E-state index contributed by atoms with van der Waals surface area (Å²) in [5.74, 6) is 0.335. The highest BCUT2D eigenvalue weighted by atomic mass is 35.5. The largest absolute Gasteiger partial charge is 0.436 e. The number of aromatic nitrogens is 1. The van der Waals surface area contributed by atoms with Gasteiger partial charge in [0.2, 0.25) is 5.89 Å². The van der Waals surface area contributed by atoms with Gasteiger partial charge >= 0.3 is 0 Å². The molecule has 5 heteroatoms. The molecule has 1 aromatic heterocycles. The number of rotatable bonds is 3. The highest BCUT2D eigenvalue weighted by Gasteiger charge is 2.15. The maximum Gasteiger partial charge on any atom is 0.256 e. The van der Waals surface area contributed by atoms with Crippen LogP contribution in [0, 0.1) is 13.8 Å². The van der Waals surface area contributed by atoms with Crippen LogP contribution >= 0.6 is 11.6 Å². The molecule has 0 radical (unpaired) electrons. The van der Waals surface area contributed by atoms with Crippen LogP contribution in [0.5, 0.6) is 0 Å². The normalized spacial score (nSPS) is 11.2. The van der Waals surface area contributed by atoms with E-state index in [-0.39, 0.29) is 5.91 Å². The summed E-state index contributed by atoms with van der Waals surface area (Å²) in [5.41, 5.74) is 5.63. The van der Waals surface area contributed by atoms with E-state index in [4.69, 9.17) is 16.0 Å². The number of amides is 1. The Morgan fingerprint density at radius 2 is 1.68 bits per heavy atom. The molecule has 0 aliphatic rings. The lowest BCUT2D eigenvalue weighted by Crippen LogP contribution is -2.12. The smallest absolute Gasteiger partial charge is 0.256 e. The van der Waals surface area contributed by atoms with Gasteiger partial charge in [-0.3, -0.25) is 4.79 Å². The number of aryl methyl sites for hydroxylation is 2. The first kappa shape index (κ1) is 19.3. The van der Waals surface area contributed by atoms with Crippen LogP contribution in [0.4, 0.5) is 5.69 Å². The molecule has 4 nitrogen and oxygen atoms in total. The molecule has 0 saturated carbocycles. The maximum absolute atomic E-state index is 13.1. The quantitative estimate of drug-likeness (QED) is 0.332. The second-order valence-corrected chi connectivity index (χ2v) is 8.03. The molecule has 0 atom stereocenters. The molecule has 1 N–H and O–H groups in total. The highest BCUT2D eigenvalue weighted by molar-refractivity contribution is 6.31. The van der Waals surface area contributed by atoms with Crippen molar-refractivity contribution in [3.63, 3.8) is 0 Å². The molecular formula is C26H19ClN2O2. The fraction of sp³-hybridized carbons (Fsp3) is 0.0769. The molecular weight excluding hydrogens is 408 g/mol. The monoisotopic (exact) mass is 426 g/mol. The fourth-order valence-electron chi connectivity index (χ4n) is 3.79. The standard InChI is InChI=1S/C26H19ClN2O2/c1-15-8-11-21(20-6-4-3-5-19(15)20)25(30)28-18-10-7-16(2)22(14-18)26-29-23-13-17(27)9-12-24(23)31-26/h3-14H,1-2H3,(H,28,30). The Balaban J connectivity index is 1.51. The number of anilines is 1. The van der Waals surface area contributed by atoms with E-state index >= 15 is 0 Å². The van der Waals surface area contributed by atoms with Crippen LogP contribution in [0.15, 0.2) is 77.2 Å². The number of halogens is 1. The van der Waals surface area contributed by atoms with E-state index in [0.717, 1.165) is 27.5 Å². The number of benzene rings is 4. The average Bonchev–Trinajstić information content (AvgIpc) is 3.18. The maximum atomic E-state index is 13.1. The first-order chi connectivity index (χ1) is 15.0. The minimum absolute atomic E-state index is 0.157. The van der Waals surface area contributed by atoms with E-state index in [2.05, 4.69) is 10.3 Å². The van der Waals surface area contributed by atoms with Gasteiger partial charge in [-0.1, -0.05) is 48.0 Å². The van der Waals surface area contributed by atoms with Crippen molar-refractivity contribution in [2.45, 2.75) is 13.8 Å². The van der Waals surface area contributed by atoms with Gasteiger partial charge in [0.25, 0.3) is 5.91 Å². The van der Waals surface area contributed by atoms with Gasteiger partial charge < -0.3 is 9.73 Å². The molecule has 1 heterocycles. The third kappa shape index (κ3) is 3.56. The molecule has 0 saturated heterocycles. The molecule has 0 bridgehead atoms. The number of nitrogens with one attached hydrogen (secondary N) is 1. The Bertz CT molecular complexity index is 1470. The van der Waals surface area contributed by atoms with Crippen LogP contribution in [0.3, 0.4) is 0 Å². The van der Waals surface area contributed by atoms with Crippen molar-refractivity contribution < 1.29 is 9.21 Å². The molecule has 4 aromatic carbocycles. The van der Waals surface area contributed by atoms with Crippen molar-refractivity contribution in [2.75, 3.05) is 5.32 Å². The van der Waals surface area contributed by atoms with Crippen LogP contribution in [0.25, 0.3) is 33.3 Å². The molecule has 152 valence electrons. The lowest BCUT2D eigenvalue weighted by Gasteiger charge is -2.11. The van der Waals surface area contributed by atoms with Crippen molar-refractivity contribution in [3.8, 4) is 11.5 Å². The topological polar surface area (TPSA) is 55.1 Å². The number of nitrogens with zero attached hydrogens (tertiary/aromatic N) is 1. The van der Waals surface area contributed by atoms with Gasteiger partial charge in [-0.25, -0.2) is 4.98 Å². The molecule has 1 amide bonds. The second-order valence-electron chi connectivity index (χ2n) is 7.59. The third-order valence-corrected chi connectivity index (χ3v) is 5.70. The minimum Gasteiger partial charge on any atom is -0.436 e. The third-order valence-electron chi connectivity index (χ3n) is 5.46. The van der Waals surface area contributed by atoms with Crippen LogP contribution in [-0.4, -0.2) is 10.9 Å². The van der Waals surface area contributed by atoms with E-state index in [1.807, 2.05) is 68.4 Å². The molecule has 5 aromatic rings. The summed E-state index contributed by atoms with van der Waals surface area (Å²) in [6.07, 6.45) is 0. The van der Waals surface area contributed by atoms with Gasteiger partial charge in [0, 0.05) is 21.8 Å². The second kappa shape index (κ2) is 7.56. The number of hydrogen-bond donors (Lipinski definition) is 1. The Morgan fingerprint density at radius 1 is 0.903 bits per heavy atom. The number of fused-ring (bicyclic) bond motifs is 2. The van der Waals surface area contributed by atoms with Crippen molar-refractivity contribution in [2.24, 2.45) is 0 Å². The Labute approximate surface area is 184 Å². The number of carbonyl (C=O) groups excluding carboxylic acids is 1. The van der Waals surface area contributed by atoms with Crippen molar-refractivity contribution in [3.05, 3.63) is 94.5 Å². The summed E-state index contributed by atoms with van der Waals surface area (Å²) < 4.78 is 5.92. The van der Waals surface area contributed by atoms with E-state index < -0.39 is 0 Å². The zero-order valence-corrected chi connectivity index (χ0v) is 17.8. The number of carbonyl (C=O) groups is 1. The SMILES string of the molecule is Cc1ccc(NC(=O)c2ccc(C)c3ccccc23)cc1-c1nc2cc(Cl)ccc2o1. The van der Waals surface area contributed by atoms with Gasteiger partial charge in [-0.05, 0) is 72.1 Å². The van der Waals surface area contributed by atoms with Gasteiger partial charge in [0.05, 0.1) is 0 Å². The van der Waals surface area contributed by atoms with E-state index in [1.54, 1.807) is 18.2 Å². The fourth-order valence-corrected chi connectivity index (χ4v) is 3.96. The predicted octanol–water partition coefficient (Wildman–Crippen LogP) is 7.17. The van der Waals surface area contributed by atoms with Crippen molar-refractivity contribution >= 4 is 45.1 Å². The summed E-state index contributed by atoms with van der Waals surface area (Å²) in [6, 6.07) is 22.8. The van der Waals surface area contributed by atoms with Crippen LogP contribution in [0.1, 0.15) is 21.5 Å². The van der Waals surface area contributed by atoms with Gasteiger partial charge in [-0.15, -0.1) is 0 Å². The van der Waals surface area contributed by atoms with Crippen molar-refractivity contribution in [1.82, 2.24) is 4.98 Å². The Hall–Kier alpha value is -3.63. The average molecular weight is 427 g/mol. The van der Waals surface area contributed by atoms with Crippen molar-refractivity contribution in [1.29, 1.82) is 0 Å². The lowest BCUT2D eigenvalue weighted by atomic mass is 9.99.